The van der Waals surface area contributed by atoms with Gasteiger partial charge in [-0.25, -0.2) is 0 Å². The van der Waals surface area contributed by atoms with Crippen LogP contribution >= 0.6 is 0 Å². The summed E-state index contributed by atoms with van der Waals surface area (Å²) < 4.78 is 10.9. The molecule has 96 valence electrons. The fourth-order valence-electron chi connectivity index (χ4n) is 2.33. The summed E-state index contributed by atoms with van der Waals surface area (Å²) in [4.78, 5) is 4.46. The third-order valence-electron chi connectivity index (χ3n) is 4.04. The Hall–Kier alpha value is -0.940. The fourth-order valence-corrected chi connectivity index (χ4v) is 2.33. The zero-order valence-corrected chi connectivity index (χ0v) is 10.8. The van der Waals surface area contributed by atoms with Gasteiger partial charge in [0.05, 0.1) is 5.54 Å². The summed E-state index contributed by atoms with van der Waals surface area (Å²) >= 11 is 0. The molecule has 5 nitrogen and oxygen atoms in total. The van der Waals surface area contributed by atoms with Crippen molar-refractivity contribution in [1.29, 1.82) is 0 Å². The molecule has 0 amide bonds. The van der Waals surface area contributed by atoms with Crippen LogP contribution in [0.4, 0.5) is 0 Å². The number of methoxy groups -OCH3 is 1. The lowest BCUT2D eigenvalue weighted by atomic mass is 9.77. The zero-order chi connectivity index (χ0) is 12.5. The van der Waals surface area contributed by atoms with Gasteiger partial charge in [-0.15, -0.1) is 0 Å². The van der Waals surface area contributed by atoms with E-state index in [0.717, 1.165) is 32.1 Å². The molecule has 0 aliphatic heterocycles. The monoisotopic (exact) mass is 239 g/mol. The summed E-state index contributed by atoms with van der Waals surface area (Å²) in [6.07, 6.45) is 4.61. The van der Waals surface area contributed by atoms with Gasteiger partial charge in [0.25, 0.3) is 0 Å². The highest BCUT2D eigenvalue weighted by Crippen LogP contribution is 2.39. The van der Waals surface area contributed by atoms with Gasteiger partial charge in [0.2, 0.25) is 11.7 Å². The van der Waals surface area contributed by atoms with Crippen molar-refractivity contribution in [1.82, 2.24) is 10.1 Å². The van der Waals surface area contributed by atoms with E-state index in [0.29, 0.717) is 11.7 Å². The number of nitrogens with two attached hydrogens (primary N) is 1. The maximum atomic E-state index is 6.17. The maximum absolute atomic E-state index is 6.17. The Morgan fingerprint density at radius 3 is 2.47 bits per heavy atom. The molecule has 0 saturated heterocycles. The van der Waals surface area contributed by atoms with Crippen molar-refractivity contribution in [3.05, 3.63) is 11.7 Å². The Bertz CT molecular complexity index is 373. The van der Waals surface area contributed by atoms with Crippen molar-refractivity contribution in [2.24, 2.45) is 5.73 Å². The molecule has 0 aromatic carbocycles. The van der Waals surface area contributed by atoms with Crippen molar-refractivity contribution in [3.63, 3.8) is 0 Å². The van der Waals surface area contributed by atoms with Crippen LogP contribution in [0, 0.1) is 0 Å². The molecule has 0 atom stereocenters. The summed E-state index contributed by atoms with van der Waals surface area (Å²) in [5.41, 5.74) is 5.33. The van der Waals surface area contributed by atoms with Crippen LogP contribution in [0.2, 0.25) is 0 Å². The van der Waals surface area contributed by atoms with Crippen LogP contribution in [-0.2, 0) is 15.9 Å². The van der Waals surface area contributed by atoms with Gasteiger partial charge in [0.1, 0.15) is 5.60 Å². The van der Waals surface area contributed by atoms with Gasteiger partial charge >= 0.3 is 0 Å². The predicted octanol–water partition coefficient (Wildman–Crippen LogP) is 2.07. The molecule has 17 heavy (non-hydrogen) atoms. The first-order chi connectivity index (χ1) is 8.10. The van der Waals surface area contributed by atoms with Crippen molar-refractivity contribution < 1.29 is 9.26 Å². The van der Waals surface area contributed by atoms with E-state index in [1.807, 2.05) is 0 Å². The number of hydrogen-bond acceptors (Lipinski definition) is 5. The van der Waals surface area contributed by atoms with Gasteiger partial charge in [-0.05, 0) is 32.1 Å². The lowest BCUT2D eigenvalue weighted by molar-refractivity contribution is -0.0306. The van der Waals surface area contributed by atoms with Crippen molar-refractivity contribution in [2.45, 2.75) is 57.1 Å². The molecule has 1 aliphatic carbocycles. The van der Waals surface area contributed by atoms with E-state index in [1.165, 1.54) is 0 Å². The predicted molar refractivity (Wildman–Crippen MR) is 63.3 cm³/mol. The number of hydrogen-bond donors (Lipinski definition) is 1. The average Bonchev–Trinajstić information content (AvgIpc) is 2.79. The molecule has 0 radical (unpaired) electrons. The van der Waals surface area contributed by atoms with E-state index in [-0.39, 0.29) is 0 Å². The standard InChI is InChI=1S/C12H21N3O2/c1-4-12(5-2,16-3)9-14-10(17-15-9)11(13)7-6-8-11/h4-8,13H2,1-3H3. The Morgan fingerprint density at radius 2 is 2.06 bits per heavy atom. The summed E-state index contributed by atoms with van der Waals surface area (Å²) in [5.74, 6) is 1.18. The lowest BCUT2D eigenvalue weighted by Crippen LogP contribution is -2.43. The Morgan fingerprint density at radius 1 is 1.41 bits per heavy atom. The van der Waals surface area contributed by atoms with E-state index >= 15 is 0 Å². The summed E-state index contributed by atoms with van der Waals surface area (Å²) in [7, 11) is 1.69. The number of rotatable bonds is 5. The molecule has 0 spiro atoms. The van der Waals surface area contributed by atoms with Crippen LogP contribution in [-0.4, -0.2) is 17.3 Å². The minimum absolute atomic E-state index is 0.397. The smallest absolute Gasteiger partial charge is 0.246 e. The summed E-state index contributed by atoms with van der Waals surface area (Å²) in [6.45, 7) is 4.12. The normalized spacial score (nSPS) is 19.1. The molecule has 2 N–H and O–H groups in total. The first-order valence-corrected chi connectivity index (χ1v) is 6.29. The van der Waals surface area contributed by atoms with Crippen LogP contribution < -0.4 is 5.73 Å². The summed E-state index contributed by atoms with van der Waals surface area (Å²) in [5, 5.41) is 4.06. The van der Waals surface area contributed by atoms with Crippen molar-refractivity contribution in [3.8, 4) is 0 Å². The summed E-state index contributed by atoms with van der Waals surface area (Å²) in [6, 6.07) is 0. The SMILES string of the molecule is CCC(CC)(OC)c1noc(C2(N)CCC2)n1. The molecule has 0 unspecified atom stereocenters. The highest BCUT2D eigenvalue weighted by molar-refractivity contribution is 5.10. The van der Waals surface area contributed by atoms with Crippen LogP contribution in [0.3, 0.4) is 0 Å². The number of ether oxygens (including phenoxy) is 1. The zero-order valence-electron chi connectivity index (χ0n) is 10.8. The highest BCUT2D eigenvalue weighted by atomic mass is 16.5. The third kappa shape index (κ3) is 1.87. The van der Waals surface area contributed by atoms with Crippen LogP contribution in [0.5, 0.6) is 0 Å². The first-order valence-electron chi connectivity index (χ1n) is 6.29. The van der Waals surface area contributed by atoms with E-state index in [2.05, 4.69) is 24.0 Å². The molecule has 2 rings (SSSR count). The quantitative estimate of drug-likeness (QED) is 0.851. The van der Waals surface area contributed by atoms with Crippen molar-refractivity contribution >= 4 is 0 Å². The maximum Gasteiger partial charge on any atom is 0.246 e. The molecule has 5 heteroatoms. The molecule has 1 aromatic rings. The Kier molecular flexibility index (Phi) is 3.23. The third-order valence-corrected chi connectivity index (χ3v) is 4.04. The molecule has 1 fully saturated rings. The van der Waals surface area contributed by atoms with E-state index < -0.39 is 11.1 Å². The van der Waals surface area contributed by atoms with E-state index in [9.17, 15) is 0 Å². The van der Waals surface area contributed by atoms with Gasteiger partial charge in [-0.2, -0.15) is 4.98 Å². The minimum atomic E-state index is -0.443. The minimum Gasteiger partial charge on any atom is -0.370 e. The van der Waals surface area contributed by atoms with Gasteiger partial charge in [-0.1, -0.05) is 19.0 Å². The van der Waals surface area contributed by atoms with Crippen LogP contribution in [0.15, 0.2) is 4.52 Å². The largest absolute Gasteiger partial charge is 0.370 e. The van der Waals surface area contributed by atoms with Gasteiger partial charge < -0.3 is 15.0 Å². The topological polar surface area (TPSA) is 74.2 Å². The highest BCUT2D eigenvalue weighted by Gasteiger charge is 2.42. The lowest BCUT2D eigenvalue weighted by Gasteiger charge is -2.34. The van der Waals surface area contributed by atoms with Gasteiger partial charge in [0.15, 0.2) is 0 Å². The molecule has 1 saturated carbocycles. The number of aromatic nitrogens is 2. The second-order valence-electron chi connectivity index (χ2n) is 4.84. The fraction of sp³-hybridized carbons (Fsp3) is 0.833. The Labute approximate surface area is 102 Å². The average molecular weight is 239 g/mol. The molecular weight excluding hydrogens is 218 g/mol. The molecule has 1 aliphatic rings. The molecular formula is C12H21N3O2. The van der Waals surface area contributed by atoms with E-state index in [1.54, 1.807) is 7.11 Å². The first kappa shape index (κ1) is 12.5. The molecule has 0 bridgehead atoms. The van der Waals surface area contributed by atoms with E-state index in [4.69, 9.17) is 15.0 Å². The van der Waals surface area contributed by atoms with Crippen molar-refractivity contribution in [2.75, 3.05) is 7.11 Å². The van der Waals surface area contributed by atoms with Crippen LogP contribution in [0.25, 0.3) is 0 Å². The Balaban J connectivity index is 2.28. The molecule has 1 heterocycles. The second-order valence-corrected chi connectivity index (χ2v) is 4.84. The molecule has 1 aromatic heterocycles. The number of nitrogens with zero attached hydrogens (tertiary/aromatic N) is 2. The van der Waals surface area contributed by atoms with Gasteiger partial charge in [0, 0.05) is 7.11 Å². The second kappa shape index (κ2) is 4.38. The van der Waals surface area contributed by atoms with Gasteiger partial charge in [-0.3, -0.25) is 0 Å². The van der Waals surface area contributed by atoms with Crippen LogP contribution in [0.1, 0.15) is 57.7 Å².